The lowest BCUT2D eigenvalue weighted by atomic mass is 9.91. The molecular formula is C49H32N2O. The van der Waals surface area contributed by atoms with Crippen molar-refractivity contribution in [1.29, 1.82) is 0 Å². The minimum atomic E-state index is 0.645. The Morgan fingerprint density at radius 2 is 1.06 bits per heavy atom. The SMILES string of the molecule is C/N=C(\N=C(\c1ccccc1)c1ccc2ccccc2c1)c1cccc2oc3cccc(-c4ccc5c6ccccc6c6ccccc6c5c4)c3c12. The van der Waals surface area contributed by atoms with Gasteiger partial charge in [-0.25, -0.2) is 4.99 Å². The fraction of sp³-hybridized carbons (Fsp3) is 0.0204. The molecule has 0 atom stereocenters. The van der Waals surface area contributed by atoms with E-state index < -0.39 is 0 Å². The smallest absolute Gasteiger partial charge is 0.155 e. The molecule has 0 aliphatic rings. The molecule has 0 saturated carbocycles. The van der Waals surface area contributed by atoms with Crippen LogP contribution in [-0.4, -0.2) is 18.6 Å². The van der Waals surface area contributed by atoms with E-state index >= 15 is 0 Å². The van der Waals surface area contributed by atoms with Crippen LogP contribution in [0.15, 0.2) is 190 Å². The minimum Gasteiger partial charge on any atom is -0.456 e. The Bertz CT molecular complexity index is 3040. The third-order valence-electron chi connectivity index (χ3n) is 10.3. The van der Waals surface area contributed by atoms with Gasteiger partial charge in [0.05, 0.1) is 5.71 Å². The molecule has 0 spiro atoms. The highest BCUT2D eigenvalue weighted by atomic mass is 16.3. The van der Waals surface area contributed by atoms with Gasteiger partial charge in [-0.3, -0.25) is 4.99 Å². The predicted octanol–water partition coefficient (Wildman–Crippen LogP) is 12.8. The quantitative estimate of drug-likeness (QED) is 0.105. The summed E-state index contributed by atoms with van der Waals surface area (Å²) in [6.07, 6.45) is 0. The van der Waals surface area contributed by atoms with E-state index in [0.29, 0.717) is 5.84 Å². The number of hydrogen-bond acceptors (Lipinski definition) is 2. The van der Waals surface area contributed by atoms with E-state index in [1.165, 1.54) is 43.1 Å². The molecule has 0 radical (unpaired) electrons. The fourth-order valence-corrected chi connectivity index (χ4v) is 7.93. The number of rotatable bonds is 4. The Kier molecular flexibility index (Phi) is 7.04. The summed E-state index contributed by atoms with van der Waals surface area (Å²) in [6.45, 7) is 0. The van der Waals surface area contributed by atoms with Crippen LogP contribution >= 0.6 is 0 Å². The van der Waals surface area contributed by atoms with Crippen molar-refractivity contribution in [3.05, 3.63) is 193 Å². The van der Waals surface area contributed by atoms with Crippen molar-refractivity contribution in [2.45, 2.75) is 0 Å². The van der Waals surface area contributed by atoms with Gasteiger partial charge in [-0.15, -0.1) is 0 Å². The van der Waals surface area contributed by atoms with E-state index in [1.54, 1.807) is 0 Å². The van der Waals surface area contributed by atoms with Crippen LogP contribution in [0, 0.1) is 0 Å². The summed E-state index contributed by atoms with van der Waals surface area (Å²) in [6, 6.07) is 62.2. The molecule has 3 heteroatoms. The first kappa shape index (κ1) is 30.0. The Balaban J connectivity index is 1.20. The van der Waals surface area contributed by atoms with Gasteiger partial charge in [0.15, 0.2) is 5.84 Å². The van der Waals surface area contributed by atoms with Crippen LogP contribution in [-0.2, 0) is 0 Å². The second-order valence-electron chi connectivity index (χ2n) is 13.2. The maximum absolute atomic E-state index is 6.58. The molecule has 244 valence electrons. The van der Waals surface area contributed by atoms with Gasteiger partial charge in [0.25, 0.3) is 0 Å². The molecule has 0 aliphatic carbocycles. The third kappa shape index (κ3) is 4.82. The third-order valence-corrected chi connectivity index (χ3v) is 10.3. The van der Waals surface area contributed by atoms with Crippen molar-refractivity contribution >= 4 is 76.6 Å². The van der Waals surface area contributed by atoms with Crippen LogP contribution < -0.4 is 0 Å². The number of furan rings is 1. The second-order valence-corrected chi connectivity index (χ2v) is 13.2. The number of amidine groups is 1. The molecule has 3 nitrogen and oxygen atoms in total. The van der Waals surface area contributed by atoms with Crippen molar-refractivity contribution in [1.82, 2.24) is 0 Å². The van der Waals surface area contributed by atoms with Crippen molar-refractivity contribution in [3.8, 4) is 11.1 Å². The van der Waals surface area contributed by atoms with Crippen LogP contribution in [0.1, 0.15) is 16.7 Å². The molecule has 0 bridgehead atoms. The molecule has 0 N–H and O–H groups in total. The van der Waals surface area contributed by atoms with Crippen LogP contribution in [0.3, 0.4) is 0 Å². The van der Waals surface area contributed by atoms with Crippen LogP contribution in [0.25, 0.3) is 76.2 Å². The fourth-order valence-electron chi connectivity index (χ4n) is 7.93. The average molecular weight is 665 g/mol. The normalized spacial score (nSPS) is 12.6. The van der Waals surface area contributed by atoms with Gasteiger partial charge in [0.1, 0.15) is 11.2 Å². The summed E-state index contributed by atoms with van der Waals surface area (Å²) >= 11 is 0. The summed E-state index contributed by atoms with van der Waals surface area (Å²) in [5, 5.41) is 12.0. The number of aliphatic imine (C=N–C) groups is 2. The molecule has 52 heavy (non-hydrogen) atoms. The monoisotopic (exact) mass is 664 g/mol. The number of nitrogens with zero attached hydrogens (tertiary/aromatic N) is 2. The number of fused-ring (bicyclic) bond motifs is 10. The molecule has 0 aliphatic heterocycles. The summed E-state index contributed by atoms with van der Waals surface area (Å²) < 4.78 is 6.58. The largest absolute Gasteiger partial charge is 0.456 e. The summed E-state index contributed by atoms with van der Waals surface area (Å²) in [4.78, 5) is 10.2. The number of hydrogen-bond donors (Lipinski definition) is 0. The maximum atomic E-state index is 6.58. The molecule has 10 rings (SSSR count). The first-order valence-electron chi connectivity index (χ1n) is 17.6. The van der Waals surface area contributed by atoms with E-state index in [2.05, 4.69) is 158 Å². The molecule has 10 aromatic rings. The highest BCUT2D eigenvalue weighted by Gasteiger charge is 2.20. The van der Waals surface area contributed by atoms with E-state index in [9.17, 15) is 0 Å². The predicted molar refractivity (Wildman–Crippen MR) is 220 cm³/mol. The average Bonchev–Trinajstić information content (AvgIpc) is 3.61. The molecule has 9 aromatic carbocycles. The van der Waals surface area contributed by atoms with Crippen molar-refractivity contribution < 1.29 is 4.42 Å². The van der Waals surface area contributed by atoms with Gasteiger partial charge in [0.2, 0.25) is 0 Å². The standard InChI is InChI=1S/C49H32N2O/c1-50-49(51-48(32-14-3-2-4-15-32)35-26-25-31-13-5-6-16-33(31)29-35)42-22-12-24-45-47(42)46-36(21-11-23-44(46)52-45)34-27-28-41-39-19-8-7-17-37(39)38-18-9-10-20-40(38)43(41)30-34/h2-30H,1H3/b50-49-,51-48-. The Morgan fingerprint density at radius 3 is 1.79 bits per heavy atom. The molecule has 0 fully saturated rings. The lowest BCUT2D eigenvalue weighted by Crippen LogP contribution is -2.09. The lowest BCUT2D eigenvalue weighted by Gasteiger charge is -2.13. The molecule has 0 saturated heterocycles. The summed E-state index contributed by atoms with van der Waals surface area (Å²) in [5.74, 6) is 0.645. The van der Waals surface area contributed by atoms with Gasteiger partial charge in [-0.05, 0) is 78.5 Å². The zero-order chi connectivity index (χ0) is 34.6. The van der Waals surface area contributed by atoms with Crippen LogP contribution in [0.2, 0.25) is 0 Å². The Hall–Kier alpha value is -6.84. The van der Waals surface area contributed by atoms with Gasteiger partial charge >= 0.3 is 0 Å². The summed E-state index contributed by atoms with van der Waals surface area (Å²) in [5.41, 5.74) is 7.74. The van der Waals surface area contributed by atoms with Crippen molar-refractivity contribution in [3.63, 3.8) is 0 Å². The minimum absolute atomic E-state index is 0.645. The molecule has 0 unspecified atom stereocenters. The summed E-state index contributed by atoms with van der Waals surface area (Å²) in [7, 11) is 1.82. The van der Waals surface area contributed by atoms with E-state index in [1.807, 2.05) is 25.2 Å². The van der Waals surface area contributed by atoms with Crippen molar-refractivity contribution in [2.75, 3.05) is 7.05 Å². The zero-order valence-corrected chi connectivity index (χ0v) is 28.5. The van der Waals surface area contributed by atoms with E-state index in [-0.39, 0.29) is 0 Å². The van der Waals surface area contributed by atoms with Crippen LogP contribution in [0.4, 0.5) is 0 Å². The lowest BCUT2D eigenvalue weighted by molar-refractivity contribution is 0.669. The van der Waals surface area contributed by atoms with Gasteiger partial charge in [0, 0.05) is 34.5 Å². The van der Waals surface area contributed by atoms with Crippen molar-refractivity contribution in [2.24, 2.45) is 9.98 Å². The Labute approximate surface area is 300 Å². The topological polar surface area (TPSA) is 37.9 Å². The maximum Gasteiger partial charge on any atom is 0.155 e. The highest BCUT2D eigenvalue weighted by molar-refractivity contribution is 6.28. The highest BCUT2D eigenvalue weighted by Crippen LogP contribution is 2.42. The van der Waals surface area contributed by atoms with Gasteiger partial charge in [-0.1, -0.05) is 152 Å². The van der Waals surface area contributed by atoms with E-state index in [0.717, 1.165) is 55.5 Å². The first-order chi connectivity index (χ1) is 25.7. The first-order valence-corrected chi connectivity index (χ1v) is 17.6. The second kappa shape index (κ2) is 12.2. The number of benzene rings is 9. The van der Waals surface area contributed by atoms with E-state index in [4.69, 9.17) is 14.4 Å². The van der Waals surface area contributed by atoms with Gasteiger partial charge in [-0.2, -0.15) is 0 Å². The Morgan fingerprint density at radius 1 is 0.442 bits per heavy atom. The zero-order valence-electron chi connectivity index (χ0n) is 28.5. The van der Waals surface area contributed by atoms with Crippen LogP contribution in [0.5, 0.6) is 0 Å². The molecular weight excluding hydrogens is 633 g/mol. The molecule has 1 heterocycles. The molecule has 1 aromatic heterocycles. The molecule has 0 amide bonds. The van der Waals surface area contributed by atoms with Gasteiger partial charge < -0.3 is 4.42 Å².